The summed E-state index contributed by atoms with van der Waals surface area (Å²) in [5.74, 6) is 0. The van der Waals surface area contributed by atoms with Crippen molar-refractivity contribution in [3.63, 3.8) is 0 Å². The van der Waals surface area contributed by atoms with Crippen molar-refractivity contribution in [1.29, 1.82) is 0 Å². The van der Waals surface area contributed by atoms with Gasteiger partial charge >= 0.3 is 0 Å². The summed E-state index contributed by atoms with van der Waals surface area (Å²) < 4.78 is 0. The lowest BCUT2D eigenvalue weighted by atomic mass is 10.0. The molecule has 0 aliphatic carbocycles. The zero-order chi connectivity index (χ0) is 13.2. The first-order valence-electron chi connectivity index (χ1n) is 6.35. The Morgan fingerprint density at radius 2 is 1.68 bits per heavy atom. The number of aromatic nitrogens is 3. The Morgan fingerprint density at radius 1 is 0.895 bits per heavy atom. The fourth-order valence-electron chi connectivity index (χ4n) is 2.28. The van der Waals surface area contributed by atoms with Crippen LogP contribution in [-0.2, 0) is 6.42 Å². The van der Waals surface area contributed by atoms with Gasteiger partial charge in [0, 0.05) is 29.6 Å². The third-order valence-corrected chi connectivity index (χ3v) is 3.32. The molecule has 2 heterocycles. The maximum atomic E-state index is 4.37. The summed E-state index contributed by atoms with van der Waals surface area (Å²) in [4.78, 5) is 4.04. The second-order valence-corrected chi connectivity index (χ2v) is 4.81. The van der Waals surface area contributed by atoms with Crippen LogP contribution >= 0.6 is 0 Å². The van der Waals surface area contributed by atoms with E-state index in [0.29, 0.717) is 0 Å². The fourth-order valence-corrected chi connectivity index (χ4v) is 2.28. The molecule has 0 saturated carbocycles. The first-order chi connectivity index (χ1) is 9.24. The molecule has 0 unspecified atom stereocenters. The molecule has 3 aromatic rings. The van der Waals surface area contributed by atoms with E-state index in [0.717, 1.165) is 17.8 Å². The van der Waals surface area contributed by atoms with Crippen molar-refractivity contribution in [3.05, 3.63) is 65.2 Å². The van der Waals surface area contributed by atoms with E-state index < -0.39 is 0 Å². The fraction of sp³-hybridized carbons (Fsp3) is 0.188. The van der Waals surface area contributed by atoms with Crippen LogP contribution in [0.3, 0.4) is 0 Å². The number of hydrogen-bond acceptors (Lipinski definition) is 3. The zero-order valence-electron chi connectivity index (χ0n) is 11.1. The topological polar surface area (TPSA) is 38.7 Å². The second-order valence-electron chi connectivity index (χ2n) is 4.81. The Kier molecular flexibility index (Phi) is 2.95. The van der Waals surface area contributed by atoms with Crippen LogP contribution in [0.25, 0.3) is 10.8 Å². The summed E-state index contributed by atoms with van der Waals surface area (Å²) in [5, 5.41) is 11.0. The van der Waals surface area contributed by atoms with Gasteiger partial charge in [0.05, 0.1) is 11.4 Å². The molecule has 0 spiro atoms. The molecule has 3 nitrogen and oxygen atoms in total. The summed E-state index contributed by atoms with van der Waals surface area (Å²) >= 11 is 0. The minimum absolute atomic E-state index is 0.787. The molecule has 94 valence electrons. The Labute approximate surface area is 112 Å². The molecule has 1 aromatic carbocycles. The van der Waals surface area contributed by atoms with Gasteiger partial charge < -0.3 is 0 Å². The Balaban J connectivity index is 2.13. The van der Waals surface area contributed by atoms with Gasteiger partial charge in [-0.3, -0.25) is 4.98 Å². The minimum atomic E-state index is 0.787. The van der Waals surface area contributed by atoms with Crippen LogP contribution in [0.1, 0.15) is 22.5 Å². The smallest absolute Gasteiger partial charge is 0.0753 e. The highest BCUT2D eigenvalue weighted by atomic mass is 15.1. The van der Waals surface area contributed by atoms with E-state index in [-0.39, 0.29) is 0 Å². The molecule has 0 aliphatic heterocycles. The first kappa shape index (κ1) is 11.8. The monoisotopic (exact) mass is 249 g/mol. The molecule has 0 fully saturated rings. The van der Waals surface area contributed by atoms with E-state index in [9.17, 15) is 0 Å². The van der Waals surface area contributed by atoms with E-state index in [4.69, 9.17) is 0 Å². The number of hydrogen-bond donors (Lipinski definition) is 0. The summed E-state index contributed by atoms with van der Waals surface area (Å²) in [6, 6.07) is 10.5. The summed E-state index contributed by atoms with van der Waals surface area (Å²) in [7, 11) is 0. The van der Waals surface area contributed by atoms with Gasteiger partial charge in [-0.15, -0.1) is 0 Å². The Morgan fingerprint density at radius 3 is 2.47 bits per heavy atom. The molecule has 0 atom stereocenters. The van der Waals surface area contributed by atoms with Crippen molar-refractivity contribution in [1.82, 2.24) is 15.2 Å². The maximum absolute atomic E-state index is 4.37. The van der Waals surface area contributed by atoms with Gasteiger partial charge in [-0.25, -0.2) is 0 Å². The lowest BCUT2D eigenvalue weighted by molar-refractivity contribution is 0.929. The molecule has 0 radical (unpaired) electrons. The van der Waals surface area contributed by atoms with Crippen molar-refractivity contribution in [2.75, 3.05) is 0 Å². The van der Waals surface area contributed by atoms with Crippen molar-refractivity contribution in [2.45, 2.75) is 20.3 Å². The summed E-state index contributed by atoms with van der Waals surface area (Å²) in [5.41, 5.74) is 4.45. The predicted molar refractivity (Wildman–Crippen MR) is 76.1 cm³/mol. The Hall–Kier alpha value is -2.29. The number of fused-ring (bicyclic) bond motifs is 1. The number of aryl methyl sites for hydroxylation is 2. The second kappa shape index (κ2) is 4.76. The molecular weight excluding hydrogens is 234 g/mol. The maximum Gasteiger partial charge on any atom is 0.0753 e. The lowest BCUT2D eigenvalue weighted by Gasteiger charge is -2.08. The normalized spacial score (nSPS) is 10.8. The van der Waals surface area contributed by atoms with Crippen LogP contribution in [0.2, 0.25) is 0 Å². The number of benzene rings is 1. The van der Waals surface area contributed by atoms with Crippen molar-refractivity contribution in [2.24, 2.45) is 0 Å². The quantitative estimate of drug-likeness (QED) is 0.700. The van der Waals surface area contributed by atoms with E-state index in [2.05, 4.69) is 40.3 Å². The molecule has 0 bridgehead atoms. The lowest BCUT2D eigenvalue weighted by Crippen LogP contribution is -1.99. The molecule has 3 heteroatoms. The van der Waals surface area contributed by atoms with E-state index in [1.165, 1.54) is 21.9 Å². The molecule has 0 saturated heterocycles. The minimum Gasteiger partial charge on any atom is -0.265 e. The van der Waals surface area contributed by atoms with Crippen molar-refractivity contribution < 1.29 is 0 Å². The van der Waals surface area contributed by atoms with Gasteiger partial charge in [0.2, 0.25) is 0 Å². The summed E-state index contributed by atoms with van der Waals surface area (Å²) in [6.45, 7) is 4.10. The van der Waals surface area contributed by atoms with Crippen LogP contribution in [0.15, 0.2) is 42.7 Å². The van der Waals surface area contributed by atoms with Gasteiger partial charge in [0.15, 0.2) is 0 Å². The van der Waals surface area contributed by atoms with Gasteiger partial charge in [0.1, 0.15) is 0 Å². The third kappa shape index (κ3) is 2.32. The highest BCUT2D eigenvalue weighted by Gasteiger charge is 2.07. The van der Waals surface area contributed by atoms with Crippen molar-refractivity contribution in [3.8, 4) is 0 Å². The number of pyridine rings is 1. The number of rotatable bonds is 2. The van der Waals surface area contributed by atoms with Gasteiger partial charge in [-0.05, 0) is 37.6 Å². The average molecular weight is 249 g/mol. The highest BCUT2D eigenvalue weighted by molar-refractivity contribution is 5.87. The summed E-state index contributed by atoms with van der Waals surface area (Å²) in [6.07, 6.45) is 4.41. The largest absolute Gasteiger partial charge is 0.265 e. The van der Waals surface area contributed by atoms with E-state index >= 15 is 0 Å². The standard InChI is InChI=1S/C16H15N3/c1-11-3-4-14-12(2)18-19-16(15(14)9-11)10-13-5-7-17-8-6-13/h3-9H,10H2,1-2H3. The highest BCUT2D eigenvalue weighted by Crippen LogP contribution is 2.22. The van der Waals surface area contributed by atoms with Crippen LogP contribution in [-0.4, -0.2) is 15.2 Å². The molecule has 0 N–H and O–H groups in total. The molecule has 3 rings (SSSR count). The van der Waals surface area contributed by atoms with Crippen LogP contribution in [0.5, 0.6) is 0 Å². The SMILES string of the molecule is Cc1ccc2c(C)nnc(Cc3ccncc3)c2c1. The van der Waals surface area contributed by atoms with Crippen LogP contribution < -0.4 is 0 Å². The van der Waals surface area contributed by atoms with Gasteiger partial charge in [0.25, 0.3) is 0 Å². The Bertz CT molecular complexity index is 721. The first-order valence-corrected chi connectivity index (χ1v) is 6.35. The molecule has 2 aromatic heterocycles. The average Bonchev–Trinajstić information content (AvgIpc) is 2.43. The zero-order valence-corrected chi connectivity index (χ0v) is 11.1. The van der Waals surface area contributed by atoms with Crippen molar-refractivity contribution >= 4 is 10.8 Å². The van der Waals surface area contributed by atoms with E-state index in [1.807, 2.05) is 31.5 Å². The van der Waals surface area contributed by atoms with Crippen LogP contribution in [0.4, 0.5) is 0 Å². The van der Waals surface area contributed by atoms with Gasteiger partial charge in [-0.1, -0.05) is 17.7 Å². The van der Waals surface area contributed by atoms with Gasteiger partial charge in [-0.2, -0.15) is 10.2 Å². The molecule has 0 aliphatic rings. The molecule has 19 heavy (non-hydrogen) atoms. The third-order valence-electron chi connectivity index (χ3n) is 3.32. The predicted octanol–water partition coefficient (Wildman–Crippen LogP) is 3.23. The number of nitrogens with zero attached hydrogens (tertiary/aromatic N) is 3. The molecular formula is C16H15N3. The van der Waals surface area contributed by atoms with E-state index in [1.54, 1.807) is 0 Å². The van der Waals surface area contributed by atoms with Crippen LogP contribution in [0, 0.1) is 13.8 Å². The molecule has 0 amide bonds.